The highest BCUT2D eigenvalue weighted by Crippen LogP contribution is 2.38. The zero-order valence-corrected chi connectivity index (χ0v) is 17.1. The Morgan fingerprint density at radius 3 is 2.19 bits per heavy atom. The van der Waals surface area contributed by atoms with Crippen LogP contribution in [0.2, 0.25) is 0 Å². The predicted molar refractivity (Wildman–Crippen MR) is 109 cm³/mol. The molecular weight excluding hydrogens is 341 g/mol. The summed E-state index contributed by atoms with van der Waals surface area (Å²) >= 11 is 1.86. The van der Waals surface area contributed by atoms with E-state index in [0.29, 0.717) is 5.92 Å². The lowest BCUT2D eigenvalue weighted by molar-refractivity contribution is 0.00578. The van der Waals surface area contributed by atoms with E-state index in [1.54, 1.807) is 0 Å². The third-order valence-corrected chi connectivity index (χ3v) is 7.41. The third-order valence-electron chi connectivity index (χ3n) is 6.20. The van der Waals surface area contributed by atoms with Gasteiger partial charge in [-0.2, -0.15) is 0 Å². The van der Waals surface area contributed by atoms with Gasteiger partial charge in [0.15, 0.2) is 0 Å². The summed E-state index contributed by atoms with van der Waals surface area (Å²) in [6, 6.07) is 8.58. The number of benzene rings is 1. The fourth-order valence-electron chi connectivity index (χ4n) is 3.74. The van der Waals surface area contributed by atoms with Crippen LogP contribution in [0.4, 0.5) is 0 Å². The Bertz CT molecular complexity index is 747. The summed E-state index contributed by atoms with van der Waals surface area (Å²) in [6.07, 6.45) is 8.72. The molecule has 1 aliphatic heterocycles. The van der Waals surface area contributed by atoms with Gasteiger partial charge < -0.3 is 9.31 Å². The Kier molecular flexibility index (Phi) is 4.74. The first-order valence-electron chi connectivity index (χ1n) is 9.77. The Labute approximate surface area is 161 Å². The van der Waals surface area contributed by atoms with Gasteiger partial charge >= 0.3 is 7.12 Å². The highest BCUT2D eigenvalue weighted by Gasteiger charge is 2.51. The molecule has 0 atom stereocenters. The van der Waals surface area contributed by atoms with E-state index in [4.69, 9.17) is 14.3 Å². The summed E-state index contributed by atoms with van der Waals surface area (Å²) in [5, 5.41) is 1.31. The zero-order valence-electron chi connectivity index (χ0n) is 16.2. The van der Waals surface area contributed by atoms with Gasteiger partial charge in [0.2, 0.25) is 0 Å². The second-order valence-corrected chi connectivity index (χ2v) is 9.67. The lowest BCUT2D eigenvalue weighted by atomic mass is 9.79. The van der Waals surface area contributed by atoms with Crippen molar-refractivity contribution in [2.75, 3.05) is 0 Å². The van der Waals surface area contributed by atoms with Crippen molar-refractivity contribution >= 4 is 23.9 Å². The van der Waals surface area contributed by atoms with Crippen molar-refractivity contribution in [3.63, 3.8) is 0 Å². The Morgan fingerprint density at radius 2 is 1.58 bits per heavy atom. The fourth-order valence-corrected chi connectivity index (χ4v) is 4.84. The molecule has 0 amide bonds. The van der Waals surface area contributed by atoms with Crippen LogP contribution >= 0.6 is 11.3 Å². The third kappa shape index (κ3) is 3.37. The molecule has 2 fully saturated rings. The van der Waals surface area contributed by atoms with Gasteiger partial charge in [0, 0.05) is 12.1 Å². The van der Waals surface area contributed by atoms with Crippen molar-refractivity contribution in [2.45, 2.75) is 76.9 Å². The predicted octanol–water partition coefficient (Wildman–Crippen LogP) is 5.16. The van der Waals surface area contributed by atoms with Crippen molar-refractivity contribution in [3.8, 4) is 10.4 Å². The molecule has 0 N–H and O–H groups in total. The van der Waals surface area contributed by atoms with Crippen molar-refractivity contribution < 1.29 is 9.31 Å². The van der Waals surface area contributed by atoms with E-state index in [0.717, 1.165) is 5.46 Å². The minimum atomic E-state index is -0.303. The van der Waals surface area contributed by atoms with Gasteiger partial charge in [-0.25, -0.2) is 4.98 Å². The molecule has 3 nitrogen and oxygen atoms in total. The second-order valence-electron chi connectivity index (χ2n) is 8.61. The minimum Gasteiger partial charge on any atom is -0.399 e. The number of nitrogens with zero attached hydrogens (tertiary/aromatic N) is 1. The molecule has 0 radical (unpaired) electrons. The van der Waals surface area contributed by atoms with E-state index in [9.17, 15) is 0 Å². The maximum Gasteiger partial charge on any atom is 0.494 e. The molecule has 2 aromatic rings. The van der Waals surface area contributed by atoms with Gasteiger partial charge in [-0.05, 0) is 51.6 Å². The first kappa shape index (κ1) is 18.2. The Hall–Kier alpha value is -1.17. The molecule has 0 bridgehead atoms. The van der Waals surface area contributed by atoms with E-state index in [1.165, 1.54) is 47.6 Å². The summed E-state index contributed by atoms with van der Waals surface area (Å²) in [5.74, 6) is 0.673. The second kappa shape index (κ2) is 6.77. The van der Waals surface area contributed by atoms with Crippen LogP contribution in [-0.2, 0) is 9.31 Å². The van der Waals surface area contributed by atoms with Crippen LogP contribution in [0.1, 0.15) is 70.7 Å². The molecule has 1 aliphatic carbocycles. The van der Waals surface area contributed by atoms with Crippen LogP contribution in [0.3, 0.4) is 0 Å². The van der Waals surface area contributed by atoms with E-state index in [2.05, 4.69) is 52.0 Å². The van der Waals surface area contributed by atoms with Crippen molar-refractivity contribution in [2.24, 2.45) is 0 Å². The molecule has 26 heavy (non-hydrogen) atoms. The summed E-state index contributed by atoms with van der Waals surface area (Å²) in [4.78, 5) is 5.98. The molecule has 1 saturated carbocycles. The summed E-state index contributed by atoms with van der Waals surface area (Å²) in [5.41, 5.74) is 1.69. The monoisotopic (exact) mass is 369 g/mol. The molecule has 5 heteroatoms. The molecule has 2 aliphatic rings. The van der Waals surface area contributed by atoms with Crippen LogP contribution in [0.25, 0.3) is 10.4 Å². The molecule has 2 heterocycles. The number of aromatic nitrogens is 1. The van der Waals surface area contributed by atoms with Gasteiger partial charge in [0.05, 0.1) is 21.1 Å². The molecule has 0 unspecified atom stereocenters. The summed E-state index contributed by atoms with van der Waals surface area (Å²) < 4.78 is 12.3. The van der Waals surface area contributed by atoms with E-state index in [1.807, 2.05) is 17.5 Å². The first-order valence-corrected chi connectivity index (χ1v) is 10.6. The summed E-state index contributed by atoms with van der Waals surface area (Å²) in [7, 11) is -0.298. The SMILES string of the molecule is CC1(C)OB(c2ccc(-c3cnc(C4CCCCC4)s3)cc2)OC1(C)C. The van der Waals surface area contributed by atoms with Gasteiger partial charge in [0.1, 0.15) is 0 Å². The van der Waals surface area contributed by atoms with Crippen LogP contribution in [-0.4, -0.2) is 23.3 Å². The number of hydrogen-bond acceptors (Lipinski definition) is 4. The standard InChI is InChI=1S/C21H28BNO2S/c1-20(2)21(3,4)25-22(24-20)17-12-10-15(11-13-17)18-14-23-19(26-18)16-8-6-5-7-9-16/h10-14,16H,5-9H2,1-4H3. The topological polar surface area (TPSA) is 31.4 Å². The normalized spacial score (nSPS) is 22.7. The van der Waals surface area contributed by atoms with Gasteiger partial charge in [0.25, 0.3) is 0 Å². The highest BCUT2D eigenvalue weighted by atomic mass is 32.1. The zero-order chi connectivity index (χ0) is 18.4. The first-order chi connectivity index (χ1) is 12.4. The average Bonchev–Trinajstić information content (AvgIpc) is 3.19. The van der Waals surface area contributed by atoms with E-state index >= 15 is 0 Å². The molecule has 0 spiro atoms. The van der Waals surface area contributed by atoms with Crippen molar-refractivity contribution in [1.29, 1.82) is 0 Å². The Balaban J connectivity index is 1.49. The average molecular weight is 369 g/mol. The number of rotatable bonds is 3. The van der Waals surface area contributed by atoms with Crippen molar-refractivity contribution in [1.82, 2.24) is 4.98 Å². The molecule has 1 aromatic carbocycles. The lowest BCUT2D eigenvalue weighted by Gasteiger charge is -2.32. The fraction of sp³-hybridized carbons (Fsp3) is 0.571. The minimum absolute atomic E-state index is 0.298. The van der Waals surface area contributed by atoms with Crippen LogP contribution in [0.15, 0.2) is 30.5 Å². The largest absolute Gasteiger partial charge is 0.494 e. The smallest absolute Gasteiger partial charge is 0.399 e. The molecular formula is C21H28BNO2S. The quantitative estimate of drug-likeness (QED) is 0.701. The van der Waals surface area contributed by atoms with Crippen LogP contribution in [0.5, 0.6) is 0 Å². The molecule has 4 rings (SSSR count). The maximum absolute atomic E-state index is 6.15. The number of hydrogen-bond donors (Lipinski definition) is 0. The summed E-state index contributed by atoms with van der Waals surface area (Å²) in [6.45, 7) is 8.36. The van der Waals surface area contributed by atoms with Gasteiger partial charge in [-0.15, -0.1) is 11.3 Å². The van der Waals surface area contributed by atoms with E-state index < -0.39 is 0 Å². The lowest BCUT2D eigenvalue weighted by Crippen LogP contribution is -2.41. The molecule has 1 aromatic heterocycles. The molecule has 138 valence electrons. The number of thiazole rings is 1. The van der Waals surface area contributed by atoms with Crippen LogP contribution in [0, 0.1) is 0 Å². The van der Waals surface area contributed by atoms with E-state index in [-0.39, 0.29) is 18.3 Å². The maximum atomic E-state index is 6.15. The molecule has 1 saturated heterocycles. The Morgan fingerprint density at radius 1 is 0.962 bits per heavy atom. The van der Waals surface area contributed by atoms with Crippen LogP contribution < -0.4 is 5.46 Å². The highest BCUT2D eigenvalue weighted by molar-refractivity contribution is 7.15. The van der Waals surface area contributed by atoms with Gasteiger partial charge in [-0.3, -0.25) is 0 Å². The van der Waals surface area contributed by atoms with Crippen molar-refractivity contribution in [3.05, 3.63) is 35.5 Å². The van der Waals surface area contributed by atoms with Gasteiger partial charge in [-0.1, -0.05) is 43.5 Å².